The zero-order chi connectivity index (χ0) is 9.26. The van der Waals surface area contributed by atoms with E-state index in [9.17, 15) is 4.79 Å². The maximum atomic E-state index is 10.6. The van der Waals surface area contributed by atoms with Crippen molar-refractivity contribution in [1.82, 2.24) is 19.8 Å². The van der Waals surface area contributed by atoms with Crippen LogP contribution in [0.4, 0.5) is 0 Å². The summed E-state index contributed by atoms with van der Waals surface area (Å²) in [7, 11) is 0. The Kier molecular flexibility index (Phi) is 1.78. The Balaban J connectivity index is 2.52. The van der Waals surface area contributed by atoms with Gasteiger partial charge >= 0.3 is 5.97 Å². The van der Waals surface area contributed by atoms with Gasteiger partial charge in [-0.15, -0.1) is 5.10 Å². The molecule has 0 amide bonds. The van der Waals surface area contributed by atoms with Crippen LogP contribution in [-0.2, 0) is 0 Å². The van der Waals surface area contributed by atoms with Gasteiger partial charge in [-0.05, 0) is 11.5 Å². The maximum absolute atomic E-state index is 10.6. The summed E-state index contributed by atoms with van der Waals surface area (Å²) < 4.78 is 3.85. The fraction of sp³-hybridized carbons (Fsp3) is 0. The molecule has 2 rings (SSSR count). The summed E-state index contributed by atoms with van der Waals surface area (Å²) in [5.74, 6) is -1.10. The number of hydrogen-bond acceptors (Lipinski definition) is 5. The van der Waals surface area contributed by atoms with Crippen molar-refractivity contribution in [2.75, 3.05) is 0 Å². The van der Waals surface area contributed by atoms with Gasteiger partial charge in [-0.3, -0.25) is 0 Å². The van der Waals surface area contributed by atoms with Gasteiger partial charge in [-0.2, -0.15) is 10.3 Å². The van der Waals surface area contributed by atoms with Gasteiger partial charge < -0.3 is 5.11 Å². The number of carboxylic acids is 1. The SMILES string of the molecule is O=C(O)c1n[nH]nc1-c1cnsc1. The van der Waals surface area contributed by atoms with E-state index in [-0.39, 0.29) is 5.69 Å². The van der Waals surface area contributed by atoms with Crippen LogP contribution in [0.15, 0.2) is 11.6 Å². The van der Waals surface area contributed by atoms with Crippen LogP contribution < -0.4 is 0 Å². The van der Waals surface area contributed by atoms with Crippen molar-refractivity contribution in [2.45, 2.75) is 0 Å². The predicted octanol–water partition coefficient (Wildman–Crippen LogP) is 0.626. The Morgan fingerprint density at radius 3 is 3.00 bits per heavy atom. The summed E-state index contributed by atoms with van der Waals surface area (Å²) in [5, 5.41) is 19.9. The summed E-state index contributed by atoms with van der Waals surface area (Å²) in [4.78, 5) is 10.6. The number of rotatable bonds is 2. The van der Waals surface area contributed by atoms with Gasteiger partial charge in [0.1, 0.15) is 5.69 Å². The average molecular weight is 196 g/mol. The highest BCUT2D eigenvalue weighted by Crippen LogP contribution is 2.19. The Morgan fingerprint density at radius 1 is 1.54 bits per heavy atom. The fourth-order valence-electron chi connectivity index (χ4n) is 0.903. The molecule has 0 aliphatic carbocycles. The maximum Gasteiger partial charge on any atom is 0.358 e. The number of nitrogens with zero attached hydrogens (tertiary/aromatic N) is 3. The minimum atomic E-state index is -1.10. The van der Waals surface area contributed by atoms with Crippen molar-refractivity contribution in [3.8, 4) is 11.3 Å². The molecule has 0 radical (unpaired) electrons. The fourth-order valence-corrected chi connectivity index (χ4v) is 1.42. The van der Waals surface area contributed by atoms with E-state index >= 15 is 0 Å². The molecule has 0 aromatic carbocycles. The molecule has 0 aliphatic heterocycles. The van der Waals surface area contributed by atoms with Crippen molar-refractivity contribution in [1.29, 1.82) is 0 Å². The van der Waals surface area contributed by atoms with Crippen LogP contribution >= 0.6 is 11.5 Å². The van der Waals surface area contributed by atoms with Gasteiger partial charge in [0.05, 0.1) is 6.20 Å². The number of carbonyl (C=O) groups is 1. The van der Waals surface area contributed by atoms with Crippen molar-refractivity contribution in [3.05, 3.63) is 17.3 Å². The lowest BCUT2D eigenvalue weighted by Crippen LogP contribution is -1.98. The second kappa shape index (κ2) is 2.94. The van der Waals surface area contributed by atoms with Gasteiger partial charge in [-0.1, -0.05) is 0 Å². The first-order valence-corrected chi connectivity index (χ1v) is 4.16. The lowest BCUT2D eigenvalue weighted by molar-refractivity contribution is 0.0691. The first-order valence-electron chi connectivity index (χ1n) is 3.33. The zero-order valence-electron chi connectivity index (χ0n) is 6.26. The van der Waals surface area contributed by atoms with Crippen LogP contribution in [-0.4, -0.2) is 30.9 Å². The molecule has 0 spiro atoms. The Morgan fingerprint density at radius 2 is 2.38 bits per heavy atom. The van der Waals surface area contributed by atoms with Gasteiger partial charge in [0.25, 0.3) is 0 Å². The summed E-state index contributed by atoms with van der Waals surface area (Å²) in [6.07, 6.45) is 1.55. The van der Waals surface area contributed by atoms with E-state index in [4.69, 9.17) is 5.11 Å². The molecule has 0 fully saturated rings. The molecule has 0 bridgehead atoms. The molecule has 6 nitrogen and oxygen atoms in total. The zero-order valence-corrected chi connectivity index (χ0v) is 7.08. The standard InChI is InChI=1S/C6H4N4O2S/c11-6(12)5-4(8-10-9-5)3-1-7-13-2-3/h1-2H,(H,11,12)(H,8,9,10). The minimum Gasteiger partial charge on any atom is -0.476 e. The molecule has 0 aliphatic rings. The smallest absolute Gasteiger partial charge is 0.358 e. The van der Waals surface area contributed by atoms with Gasteiger partial charge in [-0.25, -0.2) is 9.17 Å². The molecule has 0 unspecified atom stereocenters. The lowest BCUT2D eigenvalue weighted by Gasteiger charge is -1.89. The van der Waals surface area contributed by atoms with E-state index in [0.29, 0.717) is 11.3 Å². The molecular weight excluding hydrogens is 192 g/mol. The van der Waals surface area contributed by atoms with Crippen LogP contribution in [0, 0.1) is 0 Å². The Bertz CT molecular complexity index is 422. The summed E-state index contributed by atoms with van der Waals surface area (Å²) >= 11 is 1.23. The van der Waals surface area contributed by atoms with E-state index in [1.165, 1.54) is 11.5 Å². The largest absolute Gasteiger partial charge is 0.476 e. The van der Waals surface area contributed by atoms with E-state index < -0.39 is 5.97 Å². The summed E-state index contributed by atoms with van der Waals surface area (Å²) in [6, 6.07) is 0. The molecule has 0 saturated heterocycles. The monoisotopic (exact) mass is 196 g/mol. The number of aromatic nitrogens is 4. The second-order valence-electron chi connectivity index (χ2n) is 2.24. The third kappa shape index (κ3) is 1.29. The quantitative estimate of drug-likeness (QED) is 0.734. The average Bonchev–Trinajstić information content (AvgIpc) is 2.74. The van der Waals surface area contributed by atoms with Crippen LogP contribution in [0.5, 0.6) is 0 Å². The number of hydrogen-bond donors (Lipinski definition) is 2. The van der Waals surface area contributed by atoms with E-state index in [2.05, 4.69) is 19.8 Å². The summed E-state index contributed by atoms with van der Waals surface area (Å²) in [5.41, 5.74) is 0.901. The van der Waals surface area contributed by atoms with Crippen LogP contribution in [0.1, 0.15) is 10.5 Å². The number of H-pyrrole nitrogens is 1. The molecule has 0 saturated carbocycles. The normalized spacial score (nSPS) is 10.2. The minimum absolute atomic E-state index is 0.0831. The third-order valence-electron chi connectivity index (χ3n) is 1.46. The highest BCUT2D eigenvalue weighted by atomic mass is 32.1. The van der Waals surface area contributed by atoms with E-state index in [1.807, 2.05) is 0 Å². The van der Waals surface area contributed by atoms with Crippen LogP contribution in [0.2, 0.25) is 0 Å². The number of carboxylic acid groups (broad SMARTS) is 1. The number of nitrogens with one attached hydrogen (secondary N) is 1. The van der Waals surface area contributed by atoms with Crippen molar-refractivity contribution in [2.24, 2.45) is 0 Å². The Hall–Kier alpha value is -1.76. The topological polar surface area (TPSA) is 91.8 Å². The molecular formula is C6H4N4O2S. The van der Waals surface area contributed by atoms with E-state index in [0.717, 1.165) is 0 Å². The van der Waals surface area contributed by atoms with Gasteiger partial charge in [0.2, 0.25) is 0 Å². The molecule has 2 N–H and O–H groups in total. The predicted molar refractivity (Wildman–Crippen MR) is 44.5 cm³/mol. The third-order valence-corrected chi connectivity index (χ3v) is 2.04. The molecule has 2 aromatic heterocycles. The van der Waals surface area contributed by atoms with Crippen molar-refractivity contribution in [3.63, 3.8) is 0 Å². The number of aromatic amines is 1. The van der Waals surface area contributed by atoms with Gasteiger partial charge in [0.15, 0.2) is 5.69 Å². The molecule has 2 heterocycles. The molecule has 7 heteroatoms. The lowest BCUT2D eigenvalue weighted by atomic mass is 10.2. The number of aromatic carboxylic acids is 1. The van der Waals surface area contributed by atoms with Crippen LogP contribution in [0.3, 0.4) is 0 Å². The van der Waals surface area contributed by atoms with Crippen LogP contribution in [0.25, 0.3) is 11.3 Å². The van der Waals surface area contributed by atoms with E-state index in [1.54, 1.807) is 11.6 Å². The summed E-state index contributed by atoms with van der Waals surface area (Å²) in [6.45, 7) is 0. The molecule has 2 aromatic rings. The van der Waals surface area contributed by atoms with Gasteiger partial charge in [0, 0.05) is 10.9 Å². The molecule has 13 heavy (non-hydrogen) atoms. The molecule has 66 valence electrons. The highest BCUT2D eigenvalue weighted by molar-refractivity contribution is 7.03. The first kappa shape index (κ1) is 7.87. The second-order valence-corrected chi connectivity index (χ2v) is 2.90. The van der Waals surface area contributed by atoms with Crippen molar-refractivity contribution >= 4 is 17.5 Å². The first-order chi connectivity index (χ1) is 6.29. The Labute approximate surface area is 76.4 Å². The van der Waals surface area contributed by atoms with Crippen molar-refractivity contribution < 1.29 is 9.90 Å². The highest BCUT2D eigenvalue weighted by Gasteiger charge is 2.16. The molecule has 0 atom stereocenters.